The first-order valence-corrected chi connectivity index (χ1v) is 16.6. The highest BCUT2D eigenvalue weighted by Crippen LogP contribution is 2.28. The van der Waals surface area contributed by atoms with Crippen LogP contribution in [-0.4, -0.2) is 85.7 Å². The van der Waals surface area contributed by atoms with Crippen LogP contribution in [0.5, 0.6) is 5.75 Å². The van der Waals surface area contributed by atoms with E-state index in [-0.39, 0.29) is 58.9 Å². The number of nitrogens with one attached hydrogen (secondary N) is 2. The van der Waals surface area contributed by atoms with E-state index in [0.717, 1.165) is 17.2 Å². The molecule has 2 amide bonds. The summed E-state index contributed by atoms with van der Waals surface area (Å²) in [6.07, 6.45) is -2.82. The smallest absolute Gasteiger partial charge is 0.410 e. The fourth-order valence-corrected chi connectivity index (χ4v) is 5.69. The third-order valence-electron chi connectivity index (χ3n) is 7.27. The Labute approximate surface area is 276 Å². The number of amides is 2. The first-order valence-electron chi connectivity index (χ1n) is 14.7. The molecule has 16 heteroatoms. The van der Waals surface area contributed by atoms with Gasteiger partial charge < -0.3 is 29.6 Å². The molecular weight excluding hydrogens is 653 g/mol. The maximum Gasteiger partial charge on any atom is 0.410 e. The van der Waals surface area contributed by atoms with E-state index in [9.17, 15) is 36.4 Å². The fourth-order valence-electron chi connectivity index (χ4n) is 5.06. The zero-order valence-corrected chi connectivity index (χ0v) is 27.8. The molecule has 48 heavy (non-hydrogen) atoms. The van der Waals surface area contributed by atoms with Crippen molar-refractivity contribution in [2.45, 2.75) is 56.5 Å². The number of alkyl halides is 3. The number of fused-ring (bicyclic) bond motifs is 1. The second kappa shape index (κ2) is 14.0. The zero-order chi connectivity index (χ0) is 35.4. The summed E-state index contributed by atoms with van der Waals surface area (Å²) >= 11 is 0. The number of ether oxygens (including phenoxy) is 2. The van der Waals surface area contributed by atoms with Crippen molar-refractivity contribution in [3.8, 4) is 23.7 Å². The first kappa shape index (κ1) is 35.9. The lowest BCUT2D eigenvalue weighted by Gasteiger charge is -2.36. The average Bonchev–Trinajstić information content (AvgIpc) is 3.38. The highest BCUT2D eigenvalue weighted by molar-refractivity contribution is 7.90. The van der Waals surface area contributed by atoms with Crippen molar-refractivity contribution >= 4 is 38.6 Å². The molecule has 2 heterocycles. The minimum Gasteiger partial charge on any atom is -0.495 e. The van der Waals surface area contributed by atoms with E-state index < -0.39 is 52.1 Å². The number of carbonyl (C=O) groups excluding carboxylic acids is 2. The molecule has 0 radical (unpaired) electrons. The van der Waals surface area contributed by atoms with E-state index in [1.165, 1.54) is 42.3 Å². The molecule has 2 unspecified atom stereocenters. The Balaban J connectivity index is 1.58. The van der Waals surface area contributed by atoms with Gasteiger partial charge in [-0.05, 0) is 51.5 Å². The van der Waals surface area contributed by atoms with Gasteiger partial charge in [0.15, 0.2) is 9.84 Å². The molecule has 12 nitrogen and oxygen atoms in total. The fraction of sp³-hybridized carbons (Fsp3) is 0.438. The summed E-state index contributed by atoms with van der Waals surface area (Å²) in [5.74, 6) is 4.54. The summed E-state index contributed by atoms with van der Waals surface area (Å²) in [6, 6.07) is 8.58. The van der Waals surface area contributed by atoms with Crippen LogP contribution in [-0.2, 0) is 21.1 Å². The molecule has 2 atom stereocenters. The molecular formula is C32H35F3N6O6S. The lowest BCUT2D eigenvalue weighted by atomic mass is 9.93. The number of hydrogen-bond acceptors (Lipinski definition) is 9. The summed E-state index contributed by atoms with van der Waals surface area (Å²) in [7, 11) is -2.08. The van der Waals surface area contributed by atoms with Crippen molar-refractivity contribution in [3.05, 3.63) is 47.8 Å². The molecule has 1 aliphatic heterocycles. The maximum atomic E-state index is 13.6. The van der Waals surface area contributed by atoms with Gasteiger partial charge in [0.1, 0.15) is 23.4 Å². The van der Waals surface area contributed by atoms with Crippen LogP contribution < -0.4 is 15.4 Å². The summed E-state index contributed by atoms with van der Waals surface area (Å²) in [4.78, 5) is 31.7. The molecule has 256 valence electrons. The predicted molar refractivity (Wildman–Crippen MR) is 170 cm³/mol. The Morgan fingerprint density at radius 1 is 1.17 bits per heavy atom. The van der Waals surface area contributed by atoms with Crippen molar-refractivity contribution in [1.82, 2.24) is 19.8 Å². The number of likely N-dealkylation sites (tertiary alicyclic amines) is 1. The second-order valence-electron chi connectivity index (χ2n) is 12.2. The molecule has 1 aliphatic rings. The Morgan fingerprint density at radius 2 is 1.90 bits per heavy atom. The lowest BCUT2D eigenvalue weighted by Crippen LogP contribution is -2.52. The molecule has 4 rings (SSSR count). The minimum atomic E-state index is -4.56. The number of benzene rings is 2. The SMILES string of the molecule is COc1cc(S(C)(=O)=O)ccc1NCC#Cc1cc(C(=O)NC2CCN(C(=O)OC(C)(C)C)CC2C#N)c2ncn(CC(F)(F)F)c2c1. The lowest BCUT2D eigenvalue weighted by molar-refractivity contribution is -0.140. The standard InChI is InChI=1S/C32H35F3N6O6S/c1-31(2,3)47-30(43)40-12-10-24(21(16-36)17-40)39-29(42)23-13-20(14-26-28(23)38-19-41(26)18-32(33,34)35)7-6-11-37-25-9-8-22(48(5,44)45)15-27(25)46-4/h8-9,13-15,19,21,24,37H,10-12,17-18H2,1-5H3,(H,39,42). The van der Waals surface area contributed by atoms with Crippen molar-refractivity contribution < 1.29 is 40.7 Å². The van der Waals surface area contributed by atoms with E-state index in [4.69, 9.17) is 9.47 Å². The Hall–Kier alpha value is -4.96. The van der Waals surface area contributed by atoms with E-state index in [0.29, 0.717) is 5.69 Å². The Kier molecular flexibility index (Phi) is 10.5. The van der Waals surface area contributed by atoms with Gasteiger partial charge in [-0.25, -0.2) is 18.2 Å². The van der Waals surface area contributed by atoms with Crippen molar-refractivity contribution in [3.63, 3.8) is 0 Å². The molecule has 0 aliphatic carbocycles. The number of sulfone groups is 1. The van der Waals surface area contributed by atoms with Crippen LogP contribution in [0.1, 0.15) is 43.1 Å². The summed E-state index contributed by atoms with van der Waals surface area (Å²) in [6.45, 7) is 4.11. The molecule has 0 bridgehead atoms. The summed E-state index contributed by atoms with van der Waals surface area (Å²) < 4.78 is 75.4. The second-order valence-corrected chi connectivity index (χ2v) is 14.2. The Bertz CT molecular complexity index is 1920. The molecule has 2 N–H and O–H groups in total. The van der Waals surface area contributed by atoms with Crippen LogP contribution in [0.25, 0.3) is 11.0 Å². The van der Waals surface area contributed by atoms with E-state index in [1.807, 2.05) is 0 Å². The van der Waals surface area contributed by atoms with E-state index in [2.05, 4.69) is 33.5 Å². The van der Waals surface area contributed by atoms with Gasteiger partial charge in [-0.15, -0.1) is 0 Å². The predicted octanol–water partition coefficient (Wildman–Crippen LogP) is 4.35. The summed E-state index contributed by atoms with van der Waals surface area (Å²) in [5, 5.41) is 15.6. The van der Waals surface area contributed by atoms with Crippen molar-refractivity contribution in [2.24, 2.45) is 5.92 Å². The van der Waals surface area contributed by atoms with Crippen molar-refractivity contribution in [2.75, 3.05) is 38.3 Å². The summed E-state index contributed by atoms with van der Waals surface area (Å²) in [5.41, 5.74) is -0.0112. The minimum absolute atomic E-state index is 0.0201. The number of nitrogens with zero attached hydrogens (tertiary/aromatic N) is 4. The first-order chi connectivity index (χ1) is 22.4. The third-order valence-corrected chi connectivity index (χ3v) is 8.38. The van der Waals surface area contributed by atoms with Gasteiger partial charge in [0.25, 0.3) is 5.91 Å². The monoisotopic (exact) mass is 688 g/mol. The quantitative estimate of drug-likeness (QED) is 0.345. The van der Waals surface area contributed by atoms with Crippen LogP contribution in [0.15, 0.2) is 41.6 Å². The molecule has 1 saturated heterocycles. The number of aromatic nitrogens is 2. The normalized spacial score (nSPS) is 16.8. The van der Waals surface area contributed by atoms with Crippen LogP contribution in [0.3, 0.4) is 0 Å². The zero-order valence-electron chi connectivity index (χ0n) is 26.9. The van der Waals surface area contributed by atoms with E-state index in [1.54, 1.807) is 20.8 Å². The number of carbonyl (C=O) groups is 2. The molecule has 1 fully saturated rings. The topological polar surface area (TPSA) is 156 Å². The number of piperidine rings is 1. The van der Waals surface area contributed by atoms with Gasteiger partial charge >= 0.3 is 12.3 Å². The van der Waals surface area contributed by atoms with Gasteiger partial charge in [-0.3, -0.25) is 4.79 Å². The maximum absolute atomic E-state index is 13.6. The van der Waals surface area contributed by atoms with Gasteiger partial charge in [0.05, 0.1) is 53.6 Å². The van der Waals surface area contributed by atoms with Crippen molar-refractivity contribution in [1.29, 1.82) is 5.26 Å². The van der Waals surface area contributed by atoms with Crippen LogP contribution in [0.2, 0.25) is 0 Å². The van der Waals surface area contributed by atoms with Crippen LogP contribution in [0, 0.1) is 29.1 Å². The number of rotatable bonds is 7. The van der Waals surface area contributed by atoms with Crippen LogP contribution >= 0.6 is 0 Å². The number of hydrogen-bond donors (Lipinski definition) is 2. The third kappa shape index (κ3) is 9.10. The molecule has 2 aromatic carbocycles. The van der Waals surface area contributed by atoms with E-state index >= 15 is 0 Å². The average molecular weight is 689 g/mol. The number of anilines is 1. The van der Waals surface area contributed by atoms with Gasteiger partial charge in [0, 0.05) is 37.0 Å². The highest BCUT2D eigenvalue weighted by Gasteiger charge is 2.35. The molecule has 0 spiro atoms. The highest BCUT2D eigenvalue weighted by atomic mass is 32.2. The van der Waals surface area contributed by atoms with Crippen LogP contribution in [0.4, 0.5) is 23.7 Å². The molecule has 0 saturated carbocycles. The number of halogens is 3. The number of imidazole rings is 1. The Morgan fingerprint density at radius 3 is 2.52 bits per heavy atom. The molecule has 3 aromatic rings. The largest absolute Gasteiger partial charge is 0.495 e. The van der Waals surface area contributed by atoms with Gasteiger partial charge in [-0.2, -0.15) is 18.4 Å². The van der Waals surface area contributed by atoms with Gasteiger partial charge in [0.2, 0.25) is 0 Å². The number of methoxy groups -OCH3 is 1. The molecule has 1 aromatic heterocycles. The number of nitriles is 1. The van der Waals surface area contributed by atoms with Gasteiger partial charge in [-0.1, -0.05) is 11.8 Å².